The van der Waals surface area contributed by atoms with Crippen LogP contribution in [-0.4, -0.2) is 32.0 Å². The number of sulfone groups is 1. The summed E-state index contributed by atoms with van der Waals surface area (Å²) < 4.78 is 26.9. The molecular formula is C11H17NO4S. The lowest BCUT2D eigenvalue weighted by molar-refractivity contribution is -0.147. The van der Waals surface area contributed by atoms with Crippen LogP contribution in [0.4, 0.5) is 0 Å². The molecule has 0 bridgehead atoms. The number of carbonyl (C=O) groups is 1. The molecule has 1 rings (SSSR count). The number of rotatable bonds is 3. The highest BCUT2D eigenvalue weighted by Crippen LogP contribution is 2.44. The molecule has 0 aromatic carbocycles. The fraction of sp³-hybridized carbons (Fsp3) is 0.818. The fourth-order valence-electron chi connectivity index (χ4n) is 2.46. The SMILES string of the molecule is CCOC(=O)[C@H]1C[C@H](C)[C@@](C#N)(S(C)(=O)=O)C1. The largest absolute Gasteiger partial charge is 0.466 e. The van der Waals surface area contributed by atoms with E-state index in [1.54, 1.807) is 13.8 Å². The van der Waals surface area contributed by atoms with E-state index in [0.29, 0.717) is 6.42 Å². The summed E-state index contributed by atoms with van der Waals surface area (Å²) in [5, 5.41) is 9.17. The lowest BCUT2D eigenvalue weighted by Crippen LogP contribution is -2.39. The van der Waals surface area contributed by atoms with Gasteiger partial charge in [0.05, 0.1) is 18.6 Å². The number of ether oxygens (including phenoxy) is 1. The highest BCUT2D eigenvalue weighted by Gasteiger charge is 2.55. The van der Waals surface area contributed by atoms with Gasteiger partial charge in [-0.3, -0.25) is 4.79 Å². The first-order valence-corrected chi connectivity index (χ1v) is 7.45. The zero-order valence-corrected chi connectivity index (χ0v) is 11.1. The lowest BCUT2D eigenvalue weighted by Gasteiger charge is -2.23. The average Bonchev–Trinajstić information content (AvgIpc) is 2.56. The molecule has 0 unspecified atom stereocenters. The van der Waals surface area contributed by atoms with Crippen molar-refractivity contribution in [1.29, 1.82) is 5.26 Å². The smallest absolute Gasteiger partial charge is 0.309 e. The van der Waals surface area contributed by atoms with Gasteiger partial charge in [0, 0.05) is 6.26 Å². The molecule has 0 N–H and O–H groups in total. The fourth-order valence-corrected chi connectivity index (χ4v) is 3.96. The van der Waals surface area contributed by atoms with Crippen molar-refractivity contribution in [1.82, 2.24) is 0 Å². The van der Waals surface area contributed by atoms with E-state index in [2.05, 4.69) is 0 Å². The van der Waals surface area contributed by atoms with E-state index in [9.17, 15) is 18.5 Å². The standard InChI is InChI=1S/C11H17NO4S/c1-4-16-10(13)9-5-8(2)11(6-9,7-12)17(3,14)15/h8-9H,4-6H2,1-3H3/t8-,9-,11+/m0/s1. The number of hydrogen-bond acceptors (Lipinski definition) is 5. The van der Waals surface area contributed by atoms with E-state index in [-0.39, 0.29) is 18.9 Å². The van der Waals surface area contributed by atoms with Gasteiger partial charge in [0.1, 0.15) is 0 Å². The van der Waals surface area contributed by atoms with Gasteiger partial charge in [-0.1, -0.05) is 6.92 Å². The minimum absolute atomic E-state index is 0.0440. The predicted molar refractivity (Wildman–Crippen MR) is 61.7 cm³/mol. The first-order chi connectivity index (χ1) is 7.78. The molecule has 17 heavy (non-hydrogen) atoms. The van der Waals surface area contributed by atoms with Gasteiger partial charge in [-0.15, -0.1) is 0 Å². The molecule has 0 saturated heterocycles. The Kier molecular flexibility index (Phi) is 3.82. The van der Waals surface area contributed by atoms with E-state index >= 15 is 0 Å². The number of hydrogen-bond donors (Lipinski definition) is 0. The summed E-state index contributed by atoms with van der Waals surface area (Å²) in [6, 6.07) is 1.90. The third-order valence-corrected chi connectivity index (χ3v) is 5.44. The van der Waals surface area contributed by atoms with Gasteiger partial charge in [0.25, 0.3) is 0 Å². The third-order valence-electron chi connectivity index (χ3n) is 3.45. The first-order valence-electron chi connectivity index (χ1n) is 5.56. The summed E-state index contributed by atoms with van der Waals surface area (Å²) in [4.78, 5) is 11.6. The quantitative estimate of drug-likeness (QED) is 0.703. The van der Waals surface area contributed by atoms with Crippen molar-refractivity contribution in [2.45, 2.75) is 31.4 Å². The van der Waals surface area contributed by atoms with Crippen LogP contribution in [0.5, 0.6) is 0 Å². The van der Waals surface area contributed by atoms with Crippen LogP contribution in [0.2, 0.25) is 0 Å². The summed E-state index contributed by atoms with van der Waals surface area (Å²) >= 11 is 0. The third kappa shape index (κ3) is 2.29. The van der Waals surface area contributed by atoms with Crippen molar-refractivity contribution in [3.8, 4) is 6.07 Å². The van der Waals surface area contributed by atoms with Crippen molar-refractivity contribution >= 4 is 15.8 Å². The number of nitriles is 1. The van der Waals surface area contributed by atoms with Crippen LogP contribution in [0.25, 0.3) is 0 Å². The van der Waals surface area contributed by atoms with Crippen LogP contribution >= 0.6 is 0 Å². The van der Waals surface area contributed by atoms with Crippen molar-refractivity contribution in [3.63, 3.8) is 0 Å². The summed E-state index contributed by atoms with van der Waals surface area (Å²) in [5.41, 5.74) is 0. The molecule has 0 aromatic rings. The van der Waals surface area contributed by atoms with Crippen LogP contribution in [0.15, 0.2) is 0 Å². The van der Waals surface area contributed by atoms with Crippen LogP contribution in [0.3, 0.4) is 0 Å². The molecule has 5 nitrogen and oxygen atoms in total. The van der Waals surface area contributed by atoms with E-state index in [1.807, 2.05) is 6.07 Å². The zero-order chi connectivity index (χ0) is 13.3. The van der Waals surface area contributed by atoms with Crippen molar-refractivity contribution in [3.05, 3.63) is 0 Å². The van der Waals surface area contributed by atoms with Crippen LogP contribution in [-0.2, 0) is 19.4 Å². The monoisotopic (exact) mass is 259 g/mol. The maximum Gasteiger partial charge on any atom is 0.309 e. The van der Waals surface area contributed by atoms with E-state index in [1.165, 1.54) is 0 Å². The molecule has 3 atom stereocenters. The Morgan fingerprint density at radius 1 is 1.59 bits per heavy atom. The van der Waals surface area contributed by atoms with Gasteiger partial charge in [0.15, 0.2) is 14.6 Å². The second-order valence-electron chi connectivity index (χ2n) is 4.56. The topological polar surface area (TPSA) is 84.2 Å². The van der Waals surface area contributed by atoms with Gasteiger partial charge >= 0.3 is 5.97 Å². The van der Waals surface area contributed by atoms with Gasteiger partial charge in [-0.2, -0.15) is 5.26 Å². The summed E-state index contributed by atoms with van der Waals surface area (Å²) in [6.07, 6.45) is 1.49. The van der Waals surface area contributed by atoms with Gasteiger partial charge < -0.3 is 4.74 Å². The zero-order valence-electron chi connectivity index (χ0n) is 10.3. The molecule has 0 heterocycles. The molecule has 1 aliphatic rings. The summed E-state index contributed by atoms with van der Waals surface area (Å²) in [6.45, 7) is 3.66. The maximum absolute atomic E-state index is 11.7. The molecule has 0 spiro atoms. The molecular weight excluding hydrogens is 242 g/mol. The highest BCUT2D eigenvalue weighted by molar-refractivity contribution is 7.92. The first kappa shape index (κ1) is 14.0. The minimum Gasteiger partial charge on any atom is -0.466 e. The Morgan fingerprint density at radius 2 is 2.18 bits per heavy atom. The number of esters is 1. The Morgan fingerprint density at radius 3 is 2.53 bits per heavy atom. The molecule has 1 saturated carbocycles. The molecule has 96 valence electrons. The van der Waals surface area contributed by atoms with Gasteiger partial charge in [-0.05, 0) is 25.7 Å². The summed E-state index contributed by atoms with van der Waals surface area (Å²) in [5.74, 6) is -1.24. The molecule has 0 radical (unpaired) electrons. The Labute approximate surface area is 102 Å². The molecule has 1 fully saturated rings. The summed E-state index contributed by atoms with van der Waals surface area (Å²) in [7, 11) is -3.51. The number of nitrogens with zero attached hydrogens (tertiary/aromatic N) is 1. The maximum atomic E-state index is 11.7. The predicted octanol–water partition coefficient (Wildman–Crippen LogP) is 0.903. The molecule has 6 heteroatoms. The van der Waals surface area contributed by atoms with Gasteiger partial charge in [0.2, 0.25) is 0 Å². The van der Waals surface area contributed by atoms with Gasteiger partial charge in [-0.25, -0.2) is 8.42 Å². The van der Waals surface area contributed by atoms with Crippen molar-refractivity contribution in [2.24, 2.45) is 11.8 Å². The molecule has 1 aliphatic carbocycles. The second-order valence-corrected chi connectivity index (χ2v) is 6.84. The Bertz CT molecular complexity index is 451. The van der Waals surface area contributed by atoms with Crippen LogP contribution in [0.1, 0.15) is 26.7 Å². The van der Waals surface area contributed by atoms with Crippen LogP contribution in [0, 0.1) is 23.2 Å². The lowest BCUT2D eigenvalue weighted by atomic mass is 9.99. The minimum atomic E-state index is -3.51. The second kappa shape index (κ2) is 4.65. The molecule has 0 amide bonds. The van der Waals surface area contributed by atoms with Crippen molar-refractivity contribution in [2.75, 3.05) is 12.9 Å². The molecule has 0 aromatic heterocycles. The normalized spacial score (nSPS) is 33.1. The Hall–Kier alpha value is -1.09. The Balaban J connectivity index is 3.01. The van der Waals surface area contributed by atoms with E-state index in [0.717, 1.165) is 6.26 Å². The average molecular weight is 259 g/mol. The van der Waals surface area contributed by atoms with E-state index < -0.39 is 26.5 Å². The van der Waals surface area contributed by atoms with Crippen molar-refractivity contribution < 1.29 is 17.9 Å². The molecule has 0 aliphatic heterocycles. The van der Waals surface area contributed by atoms with Crippen LogP contribution < -0.4 is 0 Å². The van der Waals surface area contributed by atoms with E-state index in [4.69, 9.17) is 4.74 Å². The number of carbonyl (C=O) groups excluding carboxylic acids is 1. The highest BCUT2D eigenvalue weighted by atomic mass is 32.2.